The lowest BCUT2D eigenvalue weighted by atomic mass is 10.2. The highest BCUT2D eigenvalue weighted by molar-refractivity contribution is 7.13. The van der Waals surface area contributed by atoms with Crippen LogP contribution >= 0.6 is 11.5 Å². The molecule has 26 heavy (non-hydrogen) atoms. The van der Waals surface area contributed by atoms with E-state index in [9.17, 15) is 9.59 Å². The summed E-state index contributed by atoms with van der Waals surface area (Å²) in [5.41, 5.74) is 1.06. The maximum Gasteiger partial charge on any atom is 0.268 e. The standard InChI is InChI=1S/C20H22N2O3S/c1-2-25-16-11-9-15(10-12-16)14-21-19(23)8-5-13-22-20(24)17-6-3-4-7-18(17)26-22/h3-4,6-7,9-12H,2,5,8,13-14H2,1H3,(H,21,23). The minimum Gasteiger partial charge on any atom is -0.494 e. The summed E-state index contributed by atoms with van der Waals surface area (Å²) in [5.74, 6) is 0.824. The number of amides is 1. The van der Waals surface area contributed by atoms with Crippen LogP contribution in [0.3, 0.4) is 0 Å². The maximum atomic E-state index is 12.3. The molecule has 0 radical (unpaired) electrons. The van der Waals surface area contributed by atoms with Crippen molar-refractivity contribution >= 4 is 27.5 Å². The number of nitrogens with one attached hydrogen (secondary N) is 1. The Morgan fingerprint density at radius 2 is 1.92 bits per heavy atom. The van der Waals surface area contributed by atoms with Gasteiger partial charge in [-0.2, -0.15) is 0 Å². The number of carbonyl (C=O) groups is 1. The lowest BCUT2D eigenvalue weighted by molar-refractivity contribution is -0.121. The summed E-state index contributed by atoms with van der Waals surface area (Å²) >= 11 is 1.45. The van der Waals surface area contributed by atoms with E-state index in [0.717, 1.165) is 21.4 Å². The van der Waals surface area contributed by atoms with Crippen LogP contribution in [0, 0.1) is 0 Å². The van der Waals surface area contributed by atoms with Gasteiger partial charge in [0.05, 0.1) is 16.7 Å². The van der Waals surface area contributed by atoms with Crippen LogP contribution in [0.5, 0.6) is 5.75 Å². The zero-order valence-electron chi connectivity index (χ0n) is 14.7. The number of benzene rings is 2. The first-order valence-electron chi connectivity index (χ1n) is 8.74. The smallest absolute Gasteiger partial charge is 0.268 e. The van der Waals surface area contributed by atoms with Crippen LogP contribution in [0.1, 0.15) is 25.3 Å². The molecule has 0 spiro atoms. The number of aromatic nitrogens is 1. The Morgan fingerprint density at radius 3 is 2.65 bits per heavy atom. The third-order valence-corrected chi connectivity index (χ3v) is 5.16. The molecule has 1 heterocycles. The van der Waals surface area contributed by atoms with Gasteiger partial charge >= 0.3 is 0 Å². The van der Waals surface area contributed by atoms with Gasteiger partial charge in [-0.1, -0.05) is 35.8 Å². The molecule has 0 saturated heterocycles. The second-order valence-corrected chi connectivity index (χ2v) is 7.02. The molecule has 1 N–H and O–H groups in total. The Kier molecular flexibility index (Phi) is 6.07. The van der Waals surface area contributed by atoms with Gasteiger partial charge in [0, 0.05) is 19.5 Å². The average molecular weight is 370 g/mol. The quantitative estimate of drug-likeness (QED) is 0.660. The summed E-state index contributed by atoms with van der Waals surface area (Å²) in [6, 6.07) is 15.3. The van der Waals surface area contributed by atoms with Gasteiger partial charge in [-0.3, -0.25) is 13.5 Å². The van der Waals surface area contributed by atoms with E-state index in [1.165, 1.54) is 11.5 Å². The lowest BCUT2D eigenvalue weighted by Gasteiger charge is -2.07. The van der Waals surface area contributed by atoms with Gasteiger partial charge in [0.25, 0.3) is 5.56 Å². The average Bonchev–Trinajstić information content (AvgIpc) is 2.98. The molecule has 0 unspecified atom stereocenters. The van der Waals surface area contributed by atoms with Crippen LogP contribution in [0.4, 0.5) is 0 Å². The monoisotopic (exact) mass is 370 g/mol. The van der Waals surface area contributed by atoms with Gasteiger partial charge < -0.3 is 10.1 Å². The number of rotatable bonds is 8. The first-order valence-corrected chi connectivity index (χ1v) is 9.52. The number of fused-ring (bicyclic) bond motifs is 1. The van der Waals surface area contributed by atoms with E-state index in [2.05, 4.69) is 5.32 Å². The first-order chi connectivity index (χ1) is 12.7. The molecule has 0 saturated carbocycles. The van der Waals surface area contributed by atoms with E-state index in [4.69, 9.17) is 4.74 Å². The molecule has 3 rings (SSSR count). The Hall–Kier alpha value is -2.60. The number of hydrogen-bond acceptors (Lipinski definition) is 4. The van der Waals surface area contributed by atoms with E-state index < -0.39 is 0 Å². The predicted octanol–water partition coefficient (Wildman–Crippen LogP) is 3.56. The van der Waals surface area contributed by atoms with Crippen LogP contribution in [-0.2, 0) is 17.9 Å². The fraction of sp³-hybridized carbons (Fsp3) is 0.300. The van der Waals surface area contributed by atoms with Crippen LogP contribution in [0.25, 0.3) is 10.1 Å². The topological polar surface area (TPSA) is 60.3 Å². The molecule has 1 aromatic heterocycles. The van der Waals surface area contributed by atoms with Crippen LogP contribution < -0.4 is 15.6 Å². The molecule has 0 aliphatic carbocycles. The Morgan fingerprint density at radius 1 is 1.15 bits per heavy atom. The molecule has 0 bridgehead atoms. The molecule has 1 amide bonds. The van der Waals surface area contributed by atoms with E-state index in [1.807, 2.05) is 55.5 Å². The van der Waals surface area contributed by atoms with Crippen LogP contribution in [0.2, 0.25) is 0 Å². The lowest BCUT2D eigenvalue weighted by Crippen LogP contribution is -2.23. The Balaban J connectivity index is 1.45. The molecule has 5 nitrogen and oxygen atoms in total. The van der Waals surface area contributed by atoms with Gasteiger partial charge in [-0.05, 0) is 43.2 Å². The Bertz CT molecular complexity index is 928. The summed E-state index contributed by atoms with van der Waals surface area (Å²) in [5, 5.41) is 3.66. The Labute approximate surface area is 156 Å². The highest BCUT2D eigenvalue weighted by Crippen LogP contribution is 2.16. The van der Waals surface area contributed by atoms with Crippen molar-refractivity contribution in [3.8, 4) is 5.75 Å². The fourth-order valence-electron chi connectivity index (χ4n) is 2.71. The van der Waals surface area contributed by atoms with Crippen molar-refractivity contribution in [2.24, 2.45) is 0 Å². The third kappa shape index (κ3) is 4.52. The number of hydrogen-bond donors (Lipinski definition) is 1. The molecule has 3 aromatic rings. The molecule has 136 valence electrons. The second-order valence-electron chi connectivity index (χ2n) is 5.95. The van der Waals surface area contributed by atoms with Gasteiger partial charge in [-0.15, -0.1) is 0 Å². The minimum absolute atomic E-state index is 0.00644. The first kappa shape index (κ1) is 18.2. The van der Waals surface area contributed by atoms with Crippen molar-refractivity contribution in [2.75, 3.05) is 6.61 Å². The van der Waals surface area contributed by atoms with Gasteiger partial charge in [0.1, 0.15) is 5.75 Å². The van der Waals surface area contributed by atoms with Crippen molar-refractivity contribution in [2.45, 2.75) is 32.9 Å². The normalized spacial score (nSPS) is 10.8. The predicted molar refractivity (Wildman–Crippen MR) is 105 cm³/mol. The number of nitrogens with zero attached hydrogens (tertiary/aromatic N) is 1. The molecule has 0 aliphatic rings. The summed E-state index contributed by atoms with van der Waals surface area (Å²) in [6.07, 6.45) is 1.04. The molecule has 0 atom stereocenters. The molecular formula is C20H22N2O3S. The highest BCUT2D eigenvalue weighted by Gasteiger charge is 2.08. The highest BCUT2D eigenvalue weighted by atomic mass is 32.1. The zero-order valence-corrected chi connectivity index (χ0v) is 15.6. The summed E-state index contributed by atoms with van der Waals surface area (Å²) in [6.45, 7) is 3.64. The van der Waals surface area contributed by atoms with Gasteiger partial charge in [0.15, 0.2) is 0 Å². The molecule has 6 heteroatoms. The number of aryl methyl sites for hydroxylation is 1. The van der Waals surface area contributed by atoms with Crippen LogP contribution in [0.15, 0.2) is 53.3 Å². The van der Waals surface area contributed by atoms with E-state index in [-0.39, 0.29) is 11.5 Å². The van der Waals surface area contributed by atoms with Crippen LogP contribution in [-0.4, -0.2) is 16.5 Å². The molecule has 0 aliphatic heterocycles. The van der Waals surface area contributed by atoms with Crippen molar-refractivity contribution in [1.29, 1.82) is 0 Å². The zero-order chi connectivity index (χ0) is 18.4. The SMILES string of the molecule is CCOc1ccc(CNC(=O)CCCn2sc3ccccc3c2=O)cc1. The van der Waals surface area contributed by atoms with Gasteiger partial charge in [0.2, 0.25) is 5.91 Å². The summed E-state index contributed by atoms with van der Waals surface area (Å²) in [7, 11) is 0. The van der Waals surface area contributed by atoms with E-state index in [0.29, 0.717) is 32.5 Å². The summed E-state index contributed by atoms with van der Waals surface area (Å²) < 4.78 is 8.11. The van der Waals surface area contributed by atoms with Crippen molar-refractivity contribution < 1.29 is 9.53 Å². The fourth-order valence-corrected chi connectivity index (χ4v) is 3.74. The summed E-state index contributed by atoms with van der Waals surface area (Å²) in [4.78, 5) is 24.3. The van der Waals surface area contributed by atoms with E-state index in [1.54, 1.807) is 3.96 Å². The second kappa shape index (κ2) is 8.67. The molecular weight excluding hydrogens is 348 g/mol. The van der Waals surface area contributed by atoms with Gasteiger partial charge in [-0.25, -0.2) is 0 Å². The van der Waals surface area contributed by atoms with Crippen molar-refractivity contribution in [3.05, 3.63) is 64.4 Å². The van der Waals surface area contributed by atoms with Crippen molar-refractivity contribution in [1.82, 2.24) is 9.27 Å². The molecule has 0 fully saturated rings. The third-order valence-electron chi connectivity index (χ3n) is 4.04. The van der Waals surface area contributed by atoms with E-state index >= 15 is 0 Å². The van der Waals surface area contributed by atoms with Crippen molar-refractivity contribution in [3.63, 3.8) is 0 Å². The number of ether oxygens (including phenoxy) is 1. The largest absolute Gasteiger partial charge is 0.494 e. The maximum absolute atomic E-state index is 12.3. The number of carbonyl (C=O) groups excluding carboxylic acids is 1. The molecule has 2 aromatic carbocycles. The minimum atomic E-state index is -0.00644.